The third-order valence-corrected chi connectivity index (χ3v) is 2.35. The van der Waals surface area contributed by atoms with Gasteiger partial charge in [-0.15, -0.1) is 10.2 Å². The molecule has 0 radical (unpaired) electrons. The molecule has 0 aliphatic rings. The van der Waals surface area contributed by atoms with Crippen LogP contribution in [-0.4, -0.2) is 28.5 Å². The van der Waals surface area contributed by atoms with E-state index in [1.807, 2.05) is 0 Å². The van der Waals surface area contributed by atoms with Crippen LogP contribution in [0.5, 0.6) is 0 Å². The zero-order chi connectivity index (χ0) is 11.3. The Labute approximate surface area is 91.9 Å². The summed E-state index contributed by atoms with van der Waals surface area (Å²) in [5.74, 6) is 0.501. The molecule has 0 fully saturated rings. The van der Waals surface area contributed by atoms with Crippen LogP contribution in [0.4, 0.5) is 0 Å². The number of carbonyl (C=O) groups is 1. The molecule has 0 spiro atoms. The van der Waals surface area contributed by atoms with E-state index in [1.165, 1.54) is 11.8 Å². The van der Waals surface area contributed by atoms with Gasteiger partial charge < -0.3 is 9.15 Å². The van der Waals surface area contributed by atoms with Gasteiger partial charge in [0, 0.05) is 18.2 Å². The lowest BCUT2D eigenvalue weighted by molar-refractivity contribution is -0.138. The second-order valence-corrected chi connectivity index (χ2v) is 3.63. The van der Waals surface area contributed by atoms with Gasteiger partial charge in [0.2, 0.25) is 5.89 Å². The maximum atomic E-state index is 11.2. The molecule has 0 bridgehead atoms. The highest BCUT2D eigenvalue weighted by Crippen LogP contribution is 2.18. The van der Waals surface area contributed by atoms with Gasteiger partial charge in [-0.1, -0.05) is 18.3 Å². The van der Waals surface area contributed by atoms with E-state index in [0.29, 0.717) is 29.0 Å². The van der Waals surface area contributed by atoms with Crippen molar-refractivity contribution in [3.63, 3.8) is 0 Å². The summed E-state index contributed by atoms with van der Waals surface area (Å²) in [5, 5.41) is 7.87. The van der Waals surface area contributed by atoms with Gasteiger partial charge in [0.15, 0.2) is 0 Å². The van der Waals surface area contributed by atoms with E-state index in [9.17, 15) is 4.79 Å². The second kappa shape index (κ2) is 5.55. The molecular weight excluding hydrogens is 216 g/mol. The molecule has 0 amide bonds. The molecule has 15 heavy (non-hydrogen) atoms. The van der Waals surface area contributed by atoms with Crippen LogP contribution in [0.25, 0.3) is 0 Å². The molecule has 1 aromatic heterocycles. The van der Waals surface area contributed by atoms with Crippen molar-refractivity contribution >= 4 is 17.7 Å². The van der Waals surface area contributed by atoms with Gasteiger partial charge in [-0.25, -0.2) is 4.79 Å². The van der Waals surface area contributed by atoms with Crippen LogP contribution in [0.3, 0.4) is 0 Å². The Hall–Kier alpha value is -1.30. The topological polar surface area (TPSA) is 65.2 Å². The number of aryl methyl sites for hydroxylation is 1. The molecule has 1 aromatic rings. The fourth-order valence-electron chi connectivity index (χ4n) is 0.778. The van der Waals surface area contributed by atoms with E-state index in [4.69, 9.17) is 9.15 Å². The molecule has 0 saturated heterocycles. The largest absolute Gasteiger partial charge is 0.463 e. The molecule has 0 unspecified atom stereocenters. The first-order valence-corrected chi connectivity index (χ1v) is 5.39. The van der Waals surface area contributed by atoms with Crippen LogP contribution in [0.1, 0.15) is 12.8 Å². The summed E-state index contributed by atoms with van der Waals surface area (Å²) >= 11 is 1.26. The molecule has 0 N–H and O–H groups in total. The number of aromatic nitrogens is 2. The lowest BCUT2D eigenvalue weighted by Gasteiger charge is -2.02. The number of rotatable bonds is 5. The van der Waals surface area contributed by atoms with E-state index in [0.717, 1.165) is 0 Å². The van der Waals surface area contributed by atoms with Crippen molar-refractivity contribution < 1.29 is 13.9 Å². The molecule has 0 atom stereocenters. The highest BCUT2D eigenvalue weighted by Gasteiger charge is 2.10. The van der Waals surface area contributed by atoms with E-state index < -0.39 is 0 Å². The van der Waals surface area contributed by atoms with Crippen LogP contribution < -0.4 is 0 Å². The summed E-state index contributed by atoms with van der Waals surface area (Å²) in [4.78, 5) is 11.2. The van der Waals surface area contributed by atoms with Crippen LogP contribution in [0, 0.1) is 6.92 Å². The Morgan fingerprint density at radius 2 is 2.33 bits per heavy atom. The first-order valence-electron chi connectivity index (χ1n) is 4.41. The van der Waals surface area contributed by atoms with Gasteiger partial charge in [-0.3, -0.25) is 0 Å². The number of hydrogen-bond acceptors (Lipinski definition) is 6. The SMILES string of the molecule is C=C(CSc1nnc(C)o1)C(=O)OCC. The van der Waals surface area contributed by atoms with Crippen molar-refractivity contribution in [2.24, 2.45) is 0 Å². The Kier molecular flexibility index (Phi) is 4.36. The van der Waals surface area contributed by atoms with Gasteiger partial charge in [-0.05, 0) is 6.92 Å². The first-order chi connectivity index (χ1) is 7.13. The molecular formula is C9H12N2O3S. The highest BCUT2D eigenvalue weighted by molar-refractivity contribution is 7.99. The number of hydrogen-bond donors (Lipinski definition) is 0. The highest BCUT2D eigenvalue weighted by atomic mass is 32.2. The molecule has 1 heterocycles. The van der Waals surface area contributed by atoms with Crippen LogP contribution in [-0.2, 0) is 9.53 Å². The number of nitrogens with zero attached hydrogens (tertiary/aromatic N) is 2. The summed E-state index contributed by atoms with van der Waals surface area (Å²) in [6, 6.07) is 0. The number of ether oxygens (including phenoxy) is 1. The fraction of sp³-hybridized carbons (Fsp3) is 0.444. The second-order valence-electron chi connectivity index (χ2n) is 2.70. The number of thioether (sulfide) groups is 1. The van der Waals surface area contributed by atoms with Crippen LogP contribution in [0.15, 0.2) is 21.8 Å². The third-order valence-electron chi connectivity index (χ3n) is 1.44. The molecule has 1 rings (SSSR count). The standard InChI is InChI=1S/C9H12N2O3S/c1-4-13-8(12)6(2)5-15-9-11-10-7(3)14-9/h2,4-5H2,1,3H3. The smallest absolute Gasteiger partial charge is 0.334 e. The van der Waals surface area contributed by atoms with Gasteiger partial charge in [0.25, 0.3) is 5.22 Å². The molecule has 0 aromatic carbocycles. The van der Waals surface area contributed by atoms with Gasteiger partial charge in [0.1, 0.15) is 0 Å². The summed E-state index contributed by atoms with van der Waals surface area (Å²) in [5.41, 5.74) is 0.387. The summed E-state index contributed by atoms with van der Waals surface area (Å²) in [6.45, 7) is 7.41. The first kappa shape index (κ1) is 11.8. The fourth-order valence-corrected chi connectivity index (χ4v) is 1.47. The normalized spacial score (nSPS) is 10.0. The minimum atomic E-state index is -0.388. The zero-order valence-electron chi connectivity index (χ0n) is 8.65. The van der Waals surface area contributed by atoms with Gasteiger partial charge in [-0.2, -0.15) is 0 Å². The Balaban J connectivity index is 2.37. The summed E-state index contributed by atoms with van der Waals surface area (Å²) in [6.07, 6.45) is 0. The van der Waals surface area contributed by atoms with Crippen LogP contribution >= 0.6 is 11.8 Å². The monoisotopic (exact) mass is 228 g/mol. The molecule has 0 aliphatic carbocycles. The quantitative estimate of drug-likeness (QED) is 0.433. The van der Waals surface area contributed by atoms with E-state index in [2.05, 4.69) is 16.8 Å². The lowest BCUT2D eigenvalue weighted by Crippen LogP contribution is -2.08. The van der Waals surface area contributed by atoms with Crippen molar-refractivity contribution in [2.75, 3.05) is 12.4 Å². The van der Waals surface area contributed by atoms with E-state index >= 15 is 0 Å². The number of esters is 1. The minimum Gasteiger partial charge on any atom is -0.463 e. The minimum absolute atomic E-state index is 0.349. The van der Waals surface area contributed by atoms with Crippen molar-refractivity contribution in [3.05, 3.63) is 18.0 Å². The molecule has 82 valence electrons. The van der Waals surface area contributed by atoms with Crippen molar-refractivity contribution in [3.8, 4) is 0 Å². The third kappa shape index (κ3) is 3.75. The maximum Gasteiger partial charge on any atom is 0.334 e. The van der Waals surface area contributed by atoms with E-state index in [1.54, 1.807) is 13.8 Å². The van der Waals surface area contributed by atoms with Gasteiger partial charge >= 0.3 is 5.97 Å². The molecule has 5 nitrogen and oxygen atoms in total. The van der Waals surface area contributed by atoms with Gasteiger partial charge in [0.05, 0.1) is 6.61 Å². The van der Waals surface area contributed by atoms with Crippen molar-refractivity contribution in [1.82, 2.24) is 10.2 Å². The summed E-state index contributed by atoms with van der Waals surface area (Å²) < 4.78 is 9.90. The van der Waals surface area contributed by atoms with E-state index in [-0.39, 0.29) is 5.97 Å². The lowest BCUT2D eigenvalue weighted by atomic mass is 10.4. The summed E-state index contributed by atoms with van der Waals surface area (Å²) in [7, 11) is 0. The average molecular weight is 228 g/mol. The Morgan fingerprint density at radius 3 is 2.87 bits per heavy atom. The van der Waals surface area contributed by atoms with Crippen molar-refractivity contribution in [2.45, 2.75) is 19.1 Å². The van der Waals surface area contributed by atoms with Crippen molar-refractivity contribution in [1.29, 1.82) is 0 Å². The zero-order valence-corrected chi connectivity index (χ0v) is 9.47. The maximum absolute atomic E-state index is 11.2. The average Bonchev–Trinajstić information content (AvgIpc) is 2.61. The Bertz CT molecular complexity index is 362. The predicted octanol–water partition coefficient (Wildman–Crippen LogP) is 1.59. The molecule has 6 heteroatoms. The number of carbonyl (C=O) groups excluding carboxylic acids is 1. The predicted molar refractivity (Wildman–Crippen MR) is 55.5 cm³/mol. The van der Waals surface area contributed by atoms with Crippen LogP contribution in [0.2, 0.25) is 0 Å². The molecule has 0 saturated carbocycles. The Morgan fingerprint density at radius 1 is 1.60 bits per heavy atom. The molecule has 0 aliphatic heterocycles.